The largest absolute Gasteiger partial charge is 0.374 e. The minimum Gasteiger partial charge on any atom is -0.374 e. The number of ether oxygens (including phenoxy) is 1. The summed E-state index contributed by atoms with van der Waals surface area (Å²) in [5, 5.41) is 0.524. The minimum absolute atomic E-state index is 0.0983. The lowest BCUT2D eigenvalue weighted by Gasteiger charge is -2.13. The molecule has 1 unspecified atom stereocenters. The van der Waals surface area contributed by atoms with Crippen LogP contribution in [-0.4, -0.2) is 17.1 Å². The molecule has 1 heterocycles. The fourth-order valence-electron chi connectivity index (χ4n) is 2.17. The van der Waals surface area contributed by atoms with E-state index in [1.807, 2.05) is 13.0 Å². The molecular weight excluding hydrogens is 224 g/mol. The molecule has 0 amide bonds. The van der Waals surface area contributed by atoms with Gasteiger partial charge in [-0.05, 0) is 25.8 Å². The molecular formula is C12H17ClN2O. The van der Waals surface area contributed by atoms with Gasteiger partial charge in [-0.3, -0.25) is 0 Å². The maximum atomic E-state index is 6.02. The van der Waals surface area contributed by atoms with Gasteiger partial charge < -0.3 is 4.74 Å². The van der Waals surface area contributed by atoms with Gasteiger partial charge in [-0.25, -0.2) is 9.97 Å². The Hall–Kier alpha value is -0.670. The predicted molar refractivity (Wildman–Crippen MR) is 63.7 cm³/mol. The molecule has 0 aromatic carbocycles. The average molecular weight is 241 g/mol. The average Bonchev–Trinajstić information content (AvgIpc) is 2.80. The lowest BCUT2D eigenvalue weighted by atomic mass is 10.0. The topological polar surface area (TPSA) is 35.0 Å². The molecule has 0 radical (unpaired) electrons. The summed E-state index contributed by atoms with van der Waals surface area (Å²) < 4.78 is 5.23. The molecule has 88 valence electrons. The molecule has 1 aliphatic carbocycles. The second kappa shape index (κ2) is 5.11. The van der Waals surface area contributed by atoms with Crippen molar-refractivity contribution in [3.63, 3.8) is 0 Å². The maximum Gasteiger partial charge on any atom is 0.158 e. The van der Waals surface area contributed by atoms with Crippen LogP contribution in [0.2, 0.25) is 5.15 Å². The van der Waals surface area contributed by atoms with Crippen LogP contribution < -0.4 is 0 Å². The Bertz CT molecular complexity index is 364. The van der Waals surface area contributed by atoms with Gasteiger partial charge >= 0.3 is 0 Å². The molecule has 2 rings (SSSR count). The zero-order chi connectivity index (χ0) is 11.5. The Morgan fingerprint density at radius 3 is 2.69 bits per heavy atom. The molecule has 1 atom stereocenters. The van der Waals surface area contributed by atoms with Crippen LogP contribution >= 0.6 is 11.6 Å². The second-order valence-electron chi connectivity index (χ2n) is 4.33. The zero-order valence-electron chi connectivity index (χ0n) is 9.74. The van der Waals surface area contributed by atoms with E-state index < -0.39 is 0 Å². The van der Waals surface area contributed by atoms with E-state index in [0.29, 0.717) is 16.9 Å². The van der Waals surface area contributed by atoms with Crippen LogP contribution in [0.25, 0.3) is 0 Å². The van der Waals surface area contributed by atoms with Gasteiger partial charge in [0, 0.05) is 18.7 Å². The summed E-state index contributed by atoms with van der Waals surface area (Å²) in [6.07, 6.45) is 4.92. The molecule has 0 bridgehead atoms. The van der Waals surface area contributed by atoms with Crippen molar-refractivity contribution in [2.24, 2.45) is 0 Å². The summed E-state index contributed by atoms with van der Waals surface area (Å²) in [5.74, 6) is 1.25. The number of aromatic nitrogens is 2. The molecule has 0 aliphatic heterocycles. The van der Waals surface area contributed by atoms with Gasteiger partial charge in [-0.2, -0.15) is 0 Å². The number of hydrogen-bond donors (Lipinski definition) is 0. The van der Waals surface area contributed by atoms with Crippen LogP contribution in [0.1, 0.15) is 56.1 Å². The smallest absolute Gasteiger partial charge is 0.158 e. The third kappa shape index (κ3) is 2.53. The summed E-state index contributed by atoms with van der Waals surface area (Å²) in [6, 6.07) is 1.89. The molecule has 0 spiro atoms. The van der Waals surface area contributed by atoms with E-state index in [-0.39, 0.29) is 6.10 Å². The quantitative estimate of drug-likeness (QED) is 0.759. The van der Waals surface area contributed by atoms with E-state index in [0.717, 1.165) is 5.69 Å². The summed E-state index contributed by atoms with van der Waals surface area (Å²) in [7, 11) is 1.66. The highest BCUT2D eigenvalue weighted by Crippen LogP contribution is 2.34. The van der Waals surface area contributed by atoms with Crippen molar-refractivity contribution in [3.8, 4) is 0 Å². The molecule has 1 aromatic heterocycles. The summed E-state index contributed by atoms with van der Waals surface area (Å²) in [6.45, 7) is 1.93. The van der Waals surface area contributed by atoms with Gasteiger partial charge in [-0.15, -0.1) is 0 Å². The number of nitrogens with zero attached hydrogens (tertiary/aromatic N) is 2. The third-order valence-electron chi connectivity index (χ3n) is 3.22. The summed E-state index contributed by atoms with van der Waals surface area (Å²) in [5.41, 5.74) is 1.08. The van der Waals surface area contributed by atoms with Crippen LogP contribution in [0.3, 0.4) is 0 Å². The first kappa shape index (κ1) is 11.8. The Morgan fingerprint density at radius 2 is 2.06 bits per heavy atom. The fraction of sp³-hybridized carbons (Fsp3) is 0.667. The monoisotopic (exact) mass is 240 g/mol. The Morgan fingerprint density at radius 1 is 1.38 bits per heavy atom. The Balaban J connectivity index is 2.27. The molecule has 1 fully saturated rings. The molecule has 1 aromatic rings. The van der Waals surface area contributed by atoms with E-state index in [2.05, 4.69) is 9.97 Å². The highest BCUT2D eigenvalue weighted by molar-refractivity contribution is 6.29. The molecule has 1 saturated carbocycles. The van der Waals surface area contributed by atoms with Crippen LogP contribution in [0.15, 0.2) is 6.07 Å². The SMILES string of the molecule is COC(C)c1nc(Cl)cc(C2CCCC2)n1. The highest BCUT2D eigenvalue weighted by atomic mass is 35.5. The first-order valence-electron chi connectivity index (χ1n) is 5.78. The minimum atomic E-state index is -0.0983. The Kier molecular flexibility index (Phi) is 3.77. The molecule has 0 N–H and O–H groups in total. The van der Waals surface area contributed by atoms with Crippen molar-refractivity contribution in [3.05, 3.63) is 22.7 Å². The lowest BCUT2D eigenvalue weighted by molar-refractivity contribution is 0.111. The normalized spacial score (nSPS) is 18.9. The lowest BCUT2D eigenvalue weighted by Crippen LogP contribution is -2.07. The Labute approximate surface area is 101 Å². The van der Waals surface area contributed by atoms with Crippen LogP contribution in [0.5, 0.6) is 0 Å². The van der Waals surface area contributed by atoms with Crippen molar-refractivity contribution in [1.29, 1.82) is 0 Å². The van der Waals surface area contributed by atoms with Crippen molar-refractivity contribution in [1.82, 2.24) is 9.97 Å². The van der Waals surface area contributed by atoms with Crippen LogP contribution in [0.4, 0.5) is 0 Å². The maximum absolute atomic E-state index is 6.02. The molecule has 0 saturated heterocycles. The highest BCUT2D eigenvalue weighted by Gasteiger charge is 2.20. The number of hydrogen-bond acceptors (Lipinski definition) is 3. The van der Waals surface area contributed by atoms with Crippen molar-refractivity contribution < 1.29 is 4.74 Å². The first-order chi connectivity index (χ1) is 7.70. The first-order valence-corrected chi connectivity index (χ1v) is 6.15. The summed E-state index contributed by atoms with van der Waals surface area (Å²) in [4.78, 5) is 8.77. The molecule has 3 nitrogen and oxygen atoms in total. The molecule has 16 heavy (non-hydrogen) atoms. The van der Waals surface area contributed by atoms with E-state index in [4.69, 9.17) is 16.3 Å². The van der Waals surface area contributed by atoms with Gasteiger partial charge in [0.15, 0.2) is 5.82 Å². The van der Waals surface area contributed by atoms with Crippen LogP contribution in [-0.2, 0) is 4.74 Å². The van der Waals surface area contributed by atoms with Gasteiger partial charge in [0.05, 0.1) is 0 Å². The number of halogens is 1. The second-order valence-corrected chi connectivity index (χ2v) is 4.72. The standard InChI is InChI=1S/C12H17ClN2O/c1-8(16-2)12-14-10(7-11(13)15-12)9-5-3-4-6-9/h7-9H,3-6H2,1-2H3. The van der Waals surface area contributed by atoms with Gasteiger partial charge in [-0.1, -0.05) is 24.4 Å². The number of methoxy groups -OCH3 is 1. The predicted octanol–water partition coefficient (Wildman–Crippen LogP) is 3.50. The van der Waals surface area contributed by atoms with E-state index in [9.17, 15) is 0 Å². The van der Waals surface area contributed by atoms with Crippen LogP contribution in [0, 0.1) is 0 Å². The zero-order valence-corrected chi connectivity index (χ0v) is 10.5. The molecule has 1 aliphatic rings. The van der Waals surface area contributed by atoms with E-state index in [1.165, 1.54) is 25.7 Å². The third-order valence-corrected chi connectivity index (χ3v) is 3.42. The van der Waals surface area contributed by atoms with E-state index >= 15 is 0 Å². The van der Waals surface area contributed by atoms with Crippen molar-refractivity contribution >= 4 is 11.6 Å². The summed E-state index contributed by atoms with van der Waals surface area (Å²) >= 11 is 6.02. The molecule has 4 heteroatoms. The van der Waals surface area contributed by atoms with E-state index in [1.54, 1.807) is 7.11 Å². The van der Waals surface area contributed by atoms with Gasteiger partial charge in [0.2, 0.25) is 0 Å². The van der Waals surface area contributed by atoms with Gasteiger partial charge in [0.1, 0.15) is 11.3 Å². The van der Waals surface area contributed by atoms with Crippen molar-refractivity contribution in [2.75, 3.05) is 7.11 Å². The van der Waals surface area contributed by atoms with Gasteiger partial charge in [0.25, 0.3) is 0 Å². The number of rotatable bonds is 3. The van der Waals surface area contributed by atoms with Crippen molar-refractivity contribution in [2.45, 2.75) is 44.6 Å². The fourth-order valence-corrected chi connectivity index (χ4v) is 2.37.